The average Bonchev–Trinajstić information content (AvgIpc) is 3.97. The van der Waals surface area contributed by atoms with Crippen molar-refractivity contribution in [1.29, 1.82) is 0 Å². The first kappa shape index (κ1) is 32.4. The maximum Gasteiger partial charge on any atom is 0.137 e. The van der Waals surface area contributed by atoms with Gasteiger partial charge in [0.1, 0.15) is 33.5 Å². The first-order valence-corrected chi connectivity index (χ1v) is 19.6. The molecule has 12 aromatic rings. The second-order valence-electron chi connectivity index (χ2n) is 14.9. The Hall–Kier alpha value is -7.82. The van der Waals surface area contributed by atoms with Gasteiger partial charge in [0.05, 0.1) is 0 Å². The summed E-state index contributed by atoms with van der Waals surface area (Å²) in [5.74, 6) is 0. The second kappa shape index (κ2) is 12.9. The second-order valence-corrected chi connectivity index (χ2v) is 14.9. The minimum absolute atomic E-state index is 0.843. The van der Waals surface area contributed by atoms with Gasteiger partial charge in [0.25, 0.3) is 0 Å². The highest BCUT2D eigenvalue weighted by Gasteiger charge is 2.19. The number of fused-ring (bicyclic) bond motifs is 9. The molecular weight excluding hydrogens is 711 g/mol. The fraction of sp³-hybridized carbons (Fsp3) is 0. The molecule has 12 rings (SSSR count). The number of hydrogen-bond acceptors (Lipinski definition) is 4. The van der Waals surface area contributed by atoms with Gasteiger partial charge in [-0.3, -0.25) is 0 Å². The van der Waals surface area contributed by atoms with Crippen LogP contribution in [0.1, 0.15) is 0 Å². The van der Waals surface area contributed by atoms with Gasteiger partial charge in [-0.1, -0.05) is 109 Å². The van der Waals surface area contributed by atoms with Crippen molar-refractivity contribution >= 4 is 82.9 Å². The van der Waals surface area contributed by atoms with Gasteiger partial charge in [-0.15, -0.1) is 0 Å². The molecule has 0 saturated heterocycles. The molecule has 3 heterocycles. The highest BCUT2D eigenvalue weighted by Crippen LogP contribution is 2.44. The van der Waals surface area contributed by atoms with Gasteiger partial charge in [0.15, 0.2) is 0 Å². The third kappa shape index (κ3) is 5.31. The third-order valence-electron chi connectivity index (χ3n) is 11.4. The fourth-order valence-corrected chi connectivity index (χ4v) is 8.62. The Labute approximate surface area is 333 Å². The maximum atomic E-state index is 6.47. The lowest BCUT2D eigenvalue weighted by Crippen LogP contribution is -2.10. The molecule has 0 saturated carbocycles. The predicted octanol–water partition coefficient (Wildman–Crippen LogP) is 15.9. The number of hydrogen-bond donors (Lipinski definition) is 0. The lowest BCUT2D eigenvalue weighted by atomic mass is 9.95. The SMILES string of the molecule is c1ccc(-c2ccc(N(c3cc(-c4ccc5oc6ccccc6c5c4)cc(-c4ccc5oc6ccccc6c5c4)c3)c3ccc4c(c3)oc3ccccc34)cc2)cc1. The molecule has 0 N–H and O–H groups in total. The van der Waals surface area contributed by atoms with Crippen molar-refractivity contribution in [1.82, 2.24) is 0 Å². The molecule has 0 amide bonds. The monoisotopic (exact) mass is 743 g/mol. The van der Waals surface area contributed by atoms with Crippen molar-refractivity contribution in [2.24, 2.45) is 0 Å². The molecule has 3 aromatic heterocycles. The van der Waals surface area contributed by atoms with Crippen molar-refractivity contribution in [3.8, 4) is 33.4 Å². The van der Waals surface area contributed by atoms with Crippen LogP contribution in [0.5, 0.6) is 0 Å². The molecule has 58 heavy (non-hydrogen) atoms. The zero-order valence-electron chi connectivity index (χ0n) is 31.2. The fourth-order valence-electron chi connectivity index (χ4n) is 8.62. The number of benzene rings is 9. The van der Waals surface area contributed by atoms with Crippen molar-refractivity contribution in [2.75, 3.05) is 4.90 Å². The molecule has 272 valence electrons. The lowest BCUT2D eigenvalue weighted by Gasteiger charge is -2.27. The zero-order chi connectivity index (χ0) is 38.2. The van der Waals surface area contributed by atoms with Gasteiger partial charge in [-0.05, 0) is 118 Å². The molecule has 0 bridgehead atoms. The van der Waals surface area contributed by atoms with Gasteiger partial charge in [0, 0.05) is 55.4 Å². The summed E-state index contributed by atoms with van der Waals surface area (Å²) in [7, 11) is 0. The Kier molecular flexibility index (Phi) is 7.20. The van der Waals surface area contributed by atoms with E-state index < -0.39 is 0 Å². The Morgan fingerprint density at radius 2 is 0.655 bits per heavy atom. The van der Waals surface area contributed by atoms with Crippen molar-refractivity contribution < 1.29 is 13.3 Å². The molecule has 4 nitrogen and oxygen atoms in total. The van der Waals surface area contributed by atoms with E-state index in [-0.39, 0.29) is 0 Å². The highest BCUT2D eigenvalue weighted by molar-refractivity contribution is 6.09. The van der Waals surface area contributed by atoms with E-state index in [9.17, 15) is 0 Å². The molecule has 4 heteroatoms. The molecular formula is C54H33NO3. The molecule has 0 aliphatic heterocycles. The number of nitrogens with zero attached hydrogens (tertiary/aromatic N) is 1. The summed E-state index contributed by atoms with van der Waals surface area (Å²) >= 11 is 0. The summed E-state index contributed by atoms with van der Waals surface area (Å²) in [6.45, 7) is 0. The molecule has 9 aromatic carbocycles. The van der Waals surface area contributed by atoms with Crippen LogP contribution >= 0.6 is 0 Å². The van der Waals surface area contributed by atoms with E-state index in [1.807, 2.05) is 36.4 Å². The summed E-state index contributed by atoms with van der Waals surface area (Å²) in [6, 6.07) is 70.6. The third-order valence-corrected chi connectivity index (χ3v) is 11.4. The van der Waals surface area contributed by atoms with Crippen LogP contribution in [0.2, 0.25) is 0 Å². The number of furan rings is 3. The summed E-state index contributed by atoms with van der Waals surface area (Å²) in [5, 5.41) is 6.59. The standard InChI is InChI=1S/C54H33NO3/c1-2-10-34(11-3-1)35-18-22-40(23-19-35)55(41-24-25-46-43-12-4-7-15-49(43)58-54(46)33-41)42-29-38(36-20-26-52-47(31-36)44-13-5-8-16-50(44)56-52)28-39(30-42)37-21-27-53-48(32-37)45-14-6-9-17-51(45)57-53/h1-33H. The van der Waals surface area contributed by atoms with Crippen molar-refractivity contribution in [2.45, 2.75) is 0 Å². The van der Waals surface area contributed by atoms with E-state index in [0.717, 1.165) is 111 Å². The predicted molar refractivity (Wildman–Crippen MR) is 239 cm³/mol. The van der Waals surface area contributed by atoms with E-state index in [2.05, 4.69) is 169 Å². The molecule has 0 fully saturated rings. The minimum atomic E-state index is 0.843. The van der Waals surface area contributed by atoms with E-state index in [1.165, 1.54) is 5.56 Å². The quantitative estimate of drug-likeness (QED) is 0.170. The number of anilines is 3. The summed E-state index contributed by atoms with van der Waals surface area (Å²) in [6.07, 6.45) is 0. The van der Waals surface area contributed by atoms with Crippen molar-refractivity contribution in [3.05, 3.63) is 200 Å². The van der Waals surface area contributed by atoms with Gasteiger partial charge in [0.2, 0.25) is 0 Å². The van der Waals surface area contributed by atoms with Crippen LogP contribution in [0, 0.1) is 0 Å². The van der Waals surface area contributed by atoms with Gasteiger partial charge < -0.3 is 18.2 Å². The zero-order valence-corrected chi connectivity index (χ0v) is 31.2. The summed E-state index contributed by atoms with van der Waals surface area (Å²) in [5.41, 5.74) is 15.0. The van der Waals surface area contributed by atoms with Crippen molar-refractivity contribution in [3.63, 3.8) is 0 Å². The molecule has 0 radical (unpaired) electrons. The number of para-hydroxylation sites is 3. The van der Waals surface area contributed by atoms with Crippen LogP contribution in [0.3, 0.4) is 0 Å². The van der Waals surface area contributed by atoms with Gasteiger partial charge >= 0.3 is 0 Å². The smallest absolute Gasteiger partial charge is 0.137 e. The molecule has 0 aliphatic carbocycles. The van der Waals surface area contributed by atoms with Crippen LogP contribution in [0.15, 0.2) is 213 Å². The van der Waals surface area contributed by atoms with Crippen LogP contribution in [-0.4, -0.2) is 0 Å². The Morgan fingerprint density at radius 3 is 1.24 bits per heavy atom. The number of rotatable bonds is 6. The molecule has 0 atom stereocenters. The first-order valence-electron chi connectivity index (χ1n) is 19.6. The average molecular weight is 744 g/mol. The van der Waals surface area contributed by atoms with E-state index in [4.69, 9.17) is 13.3 Å². The maximum absolute atomic E-state index is 6.47. The van der Waals surface area contributed by atoms with E-state index in [0.29, 0.717) is 0 Å². The summed E-state index contributed by atoms with van der Waals surface area (Å²) < 4.78 is 19.0. The normalized spacial score (nSPS) is 11.8. The van der Waals surface area contributed by atoms with Crippen LogP contribution in [0.25, 0.3) is 99.2 Å². The topological polar surface area (TPSA) is 42.7 Å². The van der Waals surface area contributed by atoms with E-state index in [1.54, 1.807) is 0 Å². The highest BCUT2D eigenvalue weighted by atomic mass is 16.3. The van der Waals surface area contributed by atoms with Gasteiger partial charge in [-0.25, -0.2) is 0 Å². The Bertz CT molecular complexity index is 3380. The minimum Gasteiger partial charge on any atom is -0.456 e. The Morgan fingerprint density at radius 1 is 0.224 bits per heavy atom. The largest absolute Gasteiger partial charge is 0.456 e. The van der Waals surface area contributed by atoms with E-state index >= 15 is 0 Å². The van der Waals surface area contributed by atoms with Gasteiger partial charge in [-0.2, -0.15) is 0 Å². The molecule has 0 spiro atoms. The van der Waals surface area contributed by atoms with Crippen LogP contribution in [-0.2, 0) is 0 Å². The molecule has 0 unspecified atom stereocenters. The first-order chi connectivity index (χ1) is 28.7. The van der Waals surface area contributed by atoms with Crippen LogP contribution in [0.4, 0.5) is 17.1 Å². The van der Waals surface area contributed by atoms with Crippen LogP contribution < -0.4 is 4.90 Å². The Balaban J connectivity index is 1.10. The summed E-state index contributed by atoms with van der Waals surface area (Å²) in [4.78, 5) is 2.34. The lowest BCUT2D eigenvalue weighted by molar-refractivity contribution is 0.668. The molecule has 0 aliphatic rings.